The van der Waals surface area contributed by atoms with Crippen molar-refractivity contribution in [3.05, 3.63) is 82.3 Å². The first-order valence-electron chi connectivity index (χ1n) is 11.4. The second-order valence-corrected chi connectivity index (χ2v) is 10.7. The molecule has 0 aliphatic heterocycles. The standard InChI is InChI=1S/C28H26Cl2O/c29-23-7-8-24(27(30)16-23)25-15-20(19-4-2-1-3-5-19)6-9-26(25)28(31)21-11-17-10-18(13-21)14-22(28)12-17/h1-9,15-18,21-22,31H,10-14H2. The highest BCUT2D eigenvalue weighted by atomic mass is 35.5. The Bertz CT molecular complexity index is 1110. The van der Waals surface area contributed by atoms with Crippen molar-refractivity contribution in [3.8, 4) is 22.3 Å². The molecule has 1 nitrogen and oxygen atoms in total. The summed E-state index contributed by atoms with van der Waals surface area (Å²) in [7, 11) is 0. The first kappa shape index (κ1) is 19.9. The third-order valence-corrected chi connectivity index (χ3v) is 8.71. The molecule has 0 unspecified atom stereocenters. The van der Waals surface area contributed by atoms with Gasteiger partial charge in [-0.15, -0.1) is 0 Å². The minimum atomic E-state index is -0.777. The molecule has 0 aromatic heterocycles. The molecular formula is C28H26Cl2O. The van der Waals surface area contributed by atoms with E-state index in [1.54, 1.807) is 6.07 Å². The van der Waals surface area contributed by atoms with E-state index in [0.29, 0.717) is 21.9 Å². The number of halogens is 2. The largest absolute Gasteiger partial charge is 0.385 e. The quantitative estimate of drug-likeness (QED) is 0.430. The number of benzene rings is 3. The van der Waals surface area contributed by atoms with Crippen LogP contribution in [-0.2, 0) is 5.60 Å². The van der Waals surface area contributed by atoms with Gasteiger partial charge in [0.1, 0.15) is 0 Å². The van der Waals surface area contributed by atoms with E-state index in [9.17, 15) is 5.11 Å². The fourth-order valence-electron chi connectivity index (χ4n) is 6.98. The SMILES string of the molecule is OC1(c2ccc(-c3ccccc3)cc2-c2ccc(Cl)cc2Cl)C2CC3CC(C2)CC1C3. The molecule has 4 fully saturated rings. The molecule has 4 bridgehead atoms. The summed E-state index contributed by atoms with van der Waals surface area (Å²) in [5.41, 5.74) is 4.56. The number of hydrogen-bond donors (Lipinski definition) is 1. The lowest BCUT2D eigenvalue weighted by molar-refractivity contribution is -0.179. The molecule has 31 heavy (non-hydrogen) atoms. The van der Waals surface area contributed by atoms with Gasteiger partial charge in [-0.1, -0.05) is 71.7 Å². The van der Waals surface area contributed by atoms with Crippen LogP contribution in [0.5, 0.6) is 0 Å². The summed E-state index contributed by atoms with van der Waals surface area (Å²) in [6.07, 6.45) is 5.97. The molecule has 7 rings (SSSR count). The maximum Gasteiger partial charge on any atom is 0.0958 e. The van der Waals surface area contributed by atoms with E-state index >= 15 is 0 Å². The lowest BCUT2D eigenvalue weighted by Gasteiger charge is -2.59. The summed E-state index contributed by atoms with van der Waals surface area (Å²) >= 11 is 12.9. The van der Waals surface area contributed by atoms with Crippen molar-refractivity contribution in [2.75, 3.05) is 0 Å². The van der Waals surface area contributed by atoms with Crippen LogP contribution in [0.25, 0.3) is 22.3 Å². The Labute approximate surface area is 194 Å². The second-order valence-electron chi connectivity index (χ2n) is 9.88. The van der Waals surface area contributed by atoms with Gasteiger partial charge in [0.2, 0.25) is 0 Å². The van der Waals surface area contributed by atoms with Gasteiger partial charge in [-0.3, -0.25) is 0 Å². The Kier molecular flexibility index (Phi) is 4.72. The van der Waals surface area contributed by atoms with E-state index in [1.165, 1.54) is 6.42 Å². The van der Waals surface area contributed by atoms with Crippen LogP contribution in [0, 0.1) is 23.7 Å². The predicted molar refractivity (Wildman–Crippen MR) is 128 cm³/mol. The molecule has 0 heterocycles. The van der Waals surface area contributed by atoms with Crippen LogP contribution >= 0.6 is 23.2 Å². The zero-order chi connectivity index (χ0) is 21.2. The Hall–Kier alpha value is -1.80. The molecule has 0 spiro atoms. The highest BCUT2D eigenvalue weighted by Gasteiger charge is 2.57. The predicted octanol–water partition coefficient (Wildman–Crippen LogP) is 7.97. The molecular weight excluding hydrogens is 423 g/mol. The molecule has 0 amide bonds. The molecule has 158 valence electrons. The molecule has 0 saturated heterocycles. The van der Waals surface area contributed by atoms with Crippen molar-refractivity contribution in [3.63, 3.8) is 0 Å². The average molecular weight is 449 g/mol. The molecule has 3 heteroatoms. The fourth-order valence-corrected chi connectivity index (χ4v) is 7.49. The summed E-state index contributed by atoms with van der Waals surface area (Å²) in [5.74, 6) is 2.29. The van der Waals surface area contributed by atoms with Gasteiger partial charge in [0, 0.05) is 15.6 Å². The maximum atomic E-state index is 12.3. The van der Waals surface area contributed by atoms with Crippen LogP contribution in [0.4, 0.5) is 0 Å². The van der Waals surface area contributed by atoms with Crippen LogP contribution in [0.15, 0.2) is 66.7 Å². The monoisotopic (exact) mass is 448 g/mol. The minimum Gasteiger partial charge on any atom is -0.385 e. The van der Waals surface area contributed by atoms with E-state index in [0.717, 1.165) is 65.3 Å². The molecule has 4 saturated carbocycles. The van der Waals surface area contributed by atoms with Gasteiger partial charge < -0.3 is 5.11 Å². The van der Waals surface area contributed by atoms with Gasteiger partial charge in [0.15, 0.2) is 0 Å². The average Bonchev–Trinajstić information content (AvgIpc) is 2.77. The van der Waals surface area contributed by atoms with Gasteiger partial charge >= 0.3 is 0 Å². The first-order chi connectivity index (χ1) is 15.0. The summed E-state index contributed by atoms with van der Waals surface area (Å²) in [6, 6.07) is 22.6. The van der Waals surface area contributed by atoms with Crippen LogP contribution in [0.1, 0.15) is 37.7 Å². The van der Waals surface area contributed by atoms with Crippen molar-refractivity contribution in [1.29, 1.82) is 0 Å². The summed E-state index contributed by atoms with van der Waals surface area (Å²) < 4.78 is 0. The topological polar surface area (TPSA) is 20.2 Å². The molecule has 0 radical (unpaired) electrons. The van der Waals surface area contributed by atoms with Gasteiger partial charge in [-0.25, -0.2) is 0 Å². The molecule has 3 aromatic rings. The normalized spacial score (nSPS) is 31.2. The van der Waals surface area contributed by atoms with Crippen molar-refractivity contribution in [2.24, 2.45) is 23.7 Å². The Morgan fingerprint density at radius 2 is 1.35 bits per heavy atom. The maximum absolute atomic E-state index is 12.3. The number of rotatable bonds is 3. The number of hydrogen-bond acceptors (Lipinski definition) is 1. The lowest BCUT2D eigenvalue weighted by Crippen LogP contribution is -2.55. The smallest absolute Gasteiger partial charge is 0.0958 e. The lowest BCUT2D eigenvalue weighted by atomic mass is 9.48. The fraction of sp³-hybridized carbons (Fsp3) is 0.357. The molecule has 4 aliphatic carbocycles. The van der Waals surface area contributed by atoms with Crippen molar-refractivity contribution >= 4 is 23.2 Å². The van der Waals surface area contributed by atoms with Crippen LogP contribution in [0.2, 0.25) is 10.0 Å². The molecule has 0 atom stereocenters. The third kappa shape index (κ3) is 3.17. The Balaban J connectivity index is 1.55. The van der Waals surface area contributed by atoms with Crippen molar-refractivity contribution < 1.29 is 5.11 Å². The van der Waals surface area contributed by atoms with Gasteiger partial charge in [-0.05, 0) is 96.2 Å². The van der Waals surface area contributed by atoms with Crippen molar-refractivity contribution in [2.45, 2.75) is 37.7 Å². The zero-order valence-electron chi connectivity index (χ0n) is 17.4. The van der Waals surface area contributed by atoms with Gasteiger partial charge in [-0.2, -0.15) is 0 Å². The van der Waals surface area contributed by atoms with E-state index in [2.05, 4.69) is 42.5 Å². The van der Waals surface area contributed by atoms with E-state index in [4.69, 9.17) is 23.2 Å². The Morgan fingerprint density at radius 1 is 0.677 bits per heavy atom. The molecule has 1 N–H and O–H groups in total. The third-order valence-electron chi connectivity index (χ3n) is 8.16. The number of aliphatic hydroxyl groups is 1. The Morgan fingerprint density at radius 3 is 2.00 bits per heavy atom. The van der Waals surface area contributed by atoms with Crippen LogP contribution in [-0.4, -0.2) is 5.11 Å². The van der Waals surface area contributed by atoms with Crippen molar-refractivity contribution in [1.82, 2.24) is 0 Å². The zero-order valence-corrected chi connectivity index (χ0v) is 18.9. The van der Waals surface area contributed by atoms with Crippen LogP contribution < -0.4 is 0 Å². The van der Waals surface area contributed by atoms with Gasteiger partial charge in [0.25, 0.3) is 0 Å². The molecule has 4 aliphatic rings. The van der Waals surface area contributed by atoms with E-state index in [1.807, 2.05) is 18.2 Å². The second kappa shape index (κ2) is 7.37. The summed E-state index contributed by atoms with van der Waals surface area (Å²) in [4.78, 5) is 0. The van der Waals surface area contributed by atoms with Gasteiger partial charge in [0.05, 0.1) is 5.60 Å². The van der Waals surface area contributed by atoms with E-state index < -0.39 is 5.60 Å². The van der Waals surface area contributed by atoms with E-state index in [-0.39, 0.29) is 0 Å². The highest BCUT2D eigenvalue weighted by molar-refractivity contribution is 6.36. The minimum absolute atomic E-state index is 0.344. The summed E-state index contributed by atoms with van der Waals surface area (Å²) in [5, 5.41) is 13.6. The van der Waals surface area contributed by atoms with Crippen LogP contribution in [0.3, 0.4) is 0 Å². The first-order valence-corrected chi connectivity index (χ1v) is 12.2. The summed E-state index contributed by atoms with van der Waals surface area (Å²) in [6.45, 7) is 0. The molecule has 3 aromatic carbocycles. The highest BCUT2D eigenvalue weighted by Crippen LogP contribution is 2.63.